The predicted octanol–water partition coefficient (Wildman–Crippen LogP) is 5.67. The number of hydrogen-bond donors (Lipinski definition) is 0. The van der Waals surface area contributed by atoms with Crippen molar-refractivity contribution in [2.45, 2.75) is 13.8 Å². The van der Waals surface area contributed by atoms with Crippen LogP contribution in [0.5, 0.6) is 0 Å². The van der Waals surface area contributed by atoms with Gasteiger partial charge in [0.15, 0.2) is 0 Å². The van der Waals surface area contributed by atoms with Crippen molar-refractivity contribution in [1.82, 2.24) is 9.66 Å². The number of rotatable bonds is 5. The minimum Gasteiger partial charge on any atom is -0.264 e. The van der Waals surface area contributed by atoms with Crippen molar-refractivity contribution in [1.29, 1.82) is 0 Å². The number of hydrogen-bond acceptors (Lipinski definition) is 4. The second-order valence-corrected chi connectivity index (χ2v) is 7.72. The Labute approximate surface area is 172 Å². The Hall–Kier alpha value is -2.21. The van der Waals surface area contributed by atoms with E-state index < -0.39 is 0 Å². The first-order chi connectivity index (χ1) is 13.0. The highest BCUT2D eigenvalue weighted by molar-refractivity contribution is 7.07. The van der Waals surface area contributed by atoms with Crippen LogP contribution in [0.4, 0.5) is 0 Å². The van der Waals surface area contributed by atoms with E-state index in [4.69, 9.17) is 28.3 Å². The summed E-state index contributed by atoms with van der Waals surface area (Å²) in [5.41, 5.74) is 4.44. The topological polar surface area (TPSA) is 42.5 Å². The highest BCUT2D eigenvalue weighted by Gasteiger charge is 2.12. The van der Waals surface area contributed by atoms with Gasteiger partial charge in [-0.2, -0.15) is 5.10 Å². The lowest BCUT2D eigenvalue weighted by Gasteiger charge is -2.08. The molecule has 0 saturated carbocycles. The zero-order chi connectivity index (χ0) is 19.4. The summed E-state index contributed by atoms with van der Waals surface area (Å²) in [4.78, 5) is 9.56. The Morgan fingerprint density at radius 1 is 1.26 bits per heavy atom. The van der Waals surface area contributed by atoms with Crippen LogP contribution >= 0.6 is 34.5 Å². The molecule has 3 rings (SSSR count). The van der Waals surface area contributed by atoms with E-state index in [1.165, 1.54) is 11.3 Å². The second-order valence-electron chi connectivity index (χ2n) is 6.04. The number of aromatic nitrogens is 2. The lowest BCUT2D eigenvalue weighted by atomic mass is 10.2. The van der Waals surface area contributed by atoms with E-state index in [1.54, 1.807) is 18.5 Å². The van der Waals surface area contributed by atoms with Crippen molar-refractivity contribution >= 4 is 40.3 Å². The third kappa shape index (κ3) is 4.75. The molecule has 0 aliphatic heterocycles. The Kier molecular flexibility index (Phi) is 6.26. The summed E-state index contributed by atoms with van der Waals surface area (Å²) in [7, 11) is 0. The lowest BCUT2D eigenvalue weighted by Crippen LogP contribution is -2.15. The molecular weight excluding hydrogens is 399 g/mol. The molecule has 0 bridgehead atoms. The third-order valence-electron chi connectivity index (χ3n) is 3.71. The number of halogens is 2. The molecule has 2 heterocycles. The first kappa shape index (κ1) is 19.5. The van der Waals surface area contributed by atoms with Crippen LogP contribution in [0.2, 0.25) is 10.0 Å². The zero-order valence-corrected chi connectivity index (χ0v) is 17.3. The zero-order valence-electron chi connectivity index (χ0n) is 15.0. The molecule has 4 nitrogen and oxygen atoms in total. The summed E-state index contributed by atoms with van der Waals surface area (Å²) in [6.45, 7) is 8.35. The summed E-state index contributed by atoms with van der Waals surface area (Å²) in [5.74, 6) is 0. The van der Waals surface area contributed by atoms with Gasteiger partial charge in [-0.1, -0.05) is 41.4 Å². The summed E-state index contributed by atoms with van der Waals surface area (Å²) >= 11 is 14.0. The van der Waals surface area contributed by atoms with Crippen LogP contribution in [-0.2, 0) is 0 Å². The van der Waals surface area contributed by atoms with Gasteiger partial charge in [0.1, 0.15) is 0 Å². The summed E-state index contributed by atoms with van der Waals surface area (Å²) in [5, 5.41) is 7.94. The molecule has 2 aromatic heterocycles. The molecule has 3 aromatic rings. The first-order valence-corrected chi connectivity index (χ1v) is 9.86. The maximum Gasteiger partial charge on any atom is 0.206 e. The van der Waals surface area contributed by atoms with Gasteiger partial charge in [0.2, 0.25) is 4.80 Å². The van der Waals surface area contributed by atoms with E-state index in [2.05, 4.69) is 16.6 Å². The molecule has 7 heteroatoms. The van der Waals surface area contributed by atoms with Gasteiger partial charge in [0.05, 0.1) is 23.0 Å². The average Bonchev–Trinajstić information content (AvgIpc) is 3.03. The fourth-order valence-corrected chi connectivity index (χ4v) is 3.70. The number of benzene rings is 1. The van der Waals surface area contributed by atoms with Crippen molar-refractivity contribution in [3.63, 3.8) is 0 Å². The van der Waals surface area contributed by atoms with Gasteiger partial charge < -0.3 is 0 Å². The van der Waals surface area contributed by atoms with Crippen LogP contribution in [0.1, 0.15) is 19.4 Å². The SMILES string of the molecule is C=C(C)CN=c1scc(-c2ccc(Cl)cc2Cl)n1N=C(C)c1cccnc1. The van der Waals surface area contributed by atoms with Crippen LogP contribution in [0, 0.1) is 0 Å². The minimum atomic E-state index is 0.537. The molecule has 27 heavy (non-hydrogen) atoms. The molecule has 0 atom stereocenters. The molecular formula is C20H18Cl2N4S. The second kappa shape index (κ2) is 8.65. The van der Waals surface area contributed by atoms with Crippen LogP contribution in [0.15, 0.2) is 70.4 Å². The van der Waals surface area contributed by atoms with Crippen LogP contribution in [-0.4, -0.2) is 21.9 Å². The van der Waals surface area contributed by atoms with Gasteiger partial charge >= 0.3 is 0 Å². The molecule has 0 amide bonds. The number of pyridine rings is 1. The lowest BCUT2D eigenvalue weighted by molar-refractivity contribution is 0.830. The van der Waals surface area contributed by atoms with E-state index in [-0.39, 0.29) is 0 Å². The number of nitrogens with zero attached hydrogens (tertiary/aromatic N) is 4. The summed E-state index contributed by atoms with van der Waals surface area (Å²) in [6.07, 6.45) is 3.52. The smallest absolute Gasteiger partial charge is 0.206 e. The normalized spacial score (nSPS) is 12.4. The molecule has 0 aliphatic rings. The Balaban J connectivity index is 2.18. The molecule has 0 fully saturated rings. The van der Waals surface area contributed by atoms with Crippen LogP contribution < -0.4 is 4.80 Å². The van der Waals surface area contributed by atoms with Crippen molar-refractivity contribution in [2.75, 3.05) is 6.54 Å². The molecule has 0 N–H and O–H groups in total. The van der Waals surface area contributed by atoms with E-state index >= 15 is 0 Å². The van der Waals surface area contributed by atoms with Crippen molar-refractivity contribution in [2.24, 2.45) is 10.1 Å². The Bertz CT molecular complexity index is 1070. The molecule has 1 aromatic carbocycles. The predicted molar refractivity (Wildman–Crippen MR) is 115 cm³/mol. The molecule has 0 aliphatic carbocycles. The molecule has 0 spiro atoms. The average molecular weight is 417 g/mol. The van der Waals surface area contributed by atoms with E-state index in [0.717, 1.165) is 32.9 Å². The number of thiazole rings is 1. The molecule has 0 unspecified atom stereocenters. The molecule has 0 radical (unpaired) electrons. The van der Waals surface area contributed by atoms with Crippen LogP contribution in [0.3, 0.4) is 0 Å². The maximum atomic E-state index is 6.43. The highest BCUT2D eigenvalue weighted by Crippen LogP contribution is 2.30. The van der Waals surface area contributed by atoms with E-state index in [0.29, 0.717) is 16.6 Å². The van der Waals surface area contributed by atoms with Crippen LogP contribution in [0.25, 0.3) is 11.3 Å². The first-order valence-electron chi connectivity index (χ1n) is 8.22. The maximum absolute atomic E-state index is 6.43. The minimum absolute atomic E-state index is 0.537. The van der Waals surface area contributed by atoms with E-state index in [9.17, 15) is 0 Å². The van der Waals surface area contributed by atoms with Gasteiger partial charge in [-0.3, -0.25) is 9.98 Å². The Morgan fingerprint density at radius 2 is 2.07 bits per heavy atom. The fraction of sp³-hybridized carbons (Fsp3) is 0.150. The van der Waals surface area contributed by atoms with Crippen molar-refractivity contribution < 1.29 is 0 Å². The standard InChI is InChI=1S/C20H18Cl2N4S/c1-13(2)10-24-20-26(25-14(3)15-5-4-8-23-11-15)19(12-27-20)17-7-6-16(21)9-18(17)22/h4-9,11-12H,1,10H2,2-3H3. The van der Waals surface area contributed by atoms with E-state index in [1.807, 2.05) is 48.2 Å². The van der Waals surface area contributed by atoms with Gasteiger partial charge in [-0.05, 0) is 38.1 Å². The van der Waals surface area contributed by atoms with Gasteiger partial charge in [-0.15, -0.1) is 11.3 Å². The largest absolute Gasteiger partial charge is 0.264 e. The molecule has 0 saturated heterocycles. The monoisotopic (exact) mass is 416 g/mol. The summed E-state index contributed by atoms with van der Waals surface area (Å²) in [6, 6.07) is 9.28. The van der Waals surface area contributed by atoms with Crippen molar-refractivity contribution in [3.8, 4) is 11.3 Å². The van der Waals surface area contributed by atoms with Gasteiger partial charge in [0.25, 0.3) is 0 Å². The highest BCUT2D eigenvalue weighted by atomic mass is 35.5. The summed E-state index contributed by atoms with van der Waals surface area (Å²) < 4.78 is 1.81. The third-order valence-corrected chi connectivity index (χ3v) is 5.11. The van der Waals surface area contributed by atoms with Gasteiger partial charge in [0, 0.05) is 33.9 Å². The van der Waals surface area contributed by atoms with Gasteiger partial charge in [-0.25, -0.2) is 4.68 Å². The quantitative estimate of drug-likeness (QED) is 0.390. The Morgan fingerprint density at radius 3 is 2.74 bits per heavy atom. The van der Waals surface area contributed by atoms with Crippen molar-refractivity contribution in [3.05, 3.63) is 80.7 Å². The fourth-order valence-electron chi connectivity index (χ4n) is 2.37. The molecule has 138 valence electrons.